The molecule has 0 atom stereocenters. The summed E-state index contributed by atoms with van der Waals surface area (Å²) < 4.78 is 15.8. The number of aromatic nitrogens is 1. The summed E-state index contributed by atoms with van der Waals surface area (Å²) in [6, 6.07) is 3.22. The Bertz CT molecular complexity index is 845. The van der Waals surface area contributed by atoms with Crippen molar-refractivity contribution < 1.29 is 23.8 Å². The number of rotatable bonds is 10. The van der Waals surface area contributed by atoms with Gasteiger partial charge in [0.05, 0.1) is 10.0 Å². The van der Waals surface area contributed by atoms with Crippen molar-refractivity contribution in [2.45, 2.75) is 39.4 Å². The van der Waals surface area contributed by atoms with Gasteiger partial charge < -0.3 is 14.2 Å². The van der Waals surface area contributed by atoms with Crippen LogP contribution in [0.4, 0.5) is 0 Å². The fourth-order valence-electron chi connectivity index (χ4n) is 2.54. The molecule has 6 nitrogen and oxygen atoms in total. The predicted octanol–water partition coefficient (Wildman–Crippen LogP) is 4.55. The van der Waals surface area contributed by atoms with Crippen LogP contribution in [0.1, 0.15) is 58.1 Å². The van der Waals surface area contributed by atoms with Crippen LogP contribution in [-0.4, -0.2) is 43.7 Å². The van der Waals surface area contributed by atoms with Crippen molar-refractivity contribution in [1.82, 2.24) is 4.98 Å². The van der Waals surface area contributed by atoms with Crippen LogP contribution in [0, 0.1) is 0 Å². The van der Waals surface area contributed by atoms with Crippen LogP contribution in [-0.2, 0) is 15.9 Å². The molecule has 0 aliphatic rings. The van der Waals surface area contributed by atoms with Crippen molar-refractivity contribution in [1.29, 1.82) is 0 Å². The minimum absolute atomic E-state index is 0.0375. The number of halogens is 1. The Morgan fingerprint density at radius 2 is 1.89 bits per heavy atom. The average molecular weight is 426 g/mol. The highest BCUT2D eigenvalue weighted by molar-refractivity contribution is 7.09. The van der Waals surface area contributed by atoms with Gasteiger partial charge in [-0.05, 0) is 24.6 Å². The van der Waals surface area contributed by atoms with Gasteiger partial charge in [-0.3, -0.25) is 9.59 Å². The first-order valence-electron chi connectivity index (χ1n) is 8.77. The number of carbonyl (C=O) groups is 2. The monoisotopic (exact) mass is 425 g/mol. The van der Waals surface area contributed by atoms with E-state index >= 15 is 0 Å². The molecule has 0 aliphatic carbocycles. The second-order valence-electron chi connectivity index (χ2n) is 6.50. The number of nitrogens with zero attached hydrogens (tertiary/aromatic N) is 1. The Labute approximate surface area is 173 Å². The van der Waals surface area contributed by atoms with E-state index in [0.29, 0.717) is 22.6 Å². The Kier molecular flexibility index (Phi) is 8.12. The van der Waals surface area contributed by atoms with Gasteiger partial charge in [0.25, 0.3) is 0 Å². The minimum atomic E-state index is -0.557. The zero-order valence-electron chi connectivity index (χ0n) is 16.6. The van der Waals surface area contributed by atoms with Gasteiger partial charge in [0.2, 0.25) is 0 Å². The molecule has 1 heterocycles. The molecule has 0 radical (unpaired) electrons. The SMILES string of the molecule is COC(COc1ccc(C(C)=O)c(CC(=O)c2csc(C(C)C)n2)c1Cl)OC. The molecule has 152 valence electrons. The molecule has 2 rings (SSSR count). The lowest BCUT2D eigenvalue weighted by atomic mass is 9.98. The maximum Gasteiger partial charge on any atom is 0.191 e. The summed E-state index contributed by atoms with van der Waals surface area (Å²) in [6.45, 7) is 5.59. The van der Waals surface area contributed by atoms with Crippen molar-refractivity contribution in [2.75, 3.05) is 20.8 Å². The van der Waals surface area contributed by atoms with Crippen molar-refractivity contribution in [3.05, 3.63) is 44.4 Å². The van der Waals surface area contributed by atoms with Gasteiger partial charge >= 0.3 is 0 Å². The molecule has 28 heavy (non-hydrogen) atoms. The van der Waals surface area contributed by atoms with E-state index in [9.17, 15) is 9.59 Å². The number of benzene rings is 1. The van der Waals surface area contributed by atoms with Gasteiger partial charge in [0.15, 0.2) is 17.9 Å². The average Bonchev–Trinajstić information content (AvgIpc) is 3.15. The maximum atomic E-state index is 12.7. The first-order valence-corrected chi connectivity index (χ1v) is 10.0. The van der Waals surface area contributed by atoms with Crippen LogP contribution < -0.4 is 4.74 Å². The molecule has 1 aromatic carbocycles. The van der Waals surface area contributed by atoms with E-state index in [2.05, 4.69) is 4.98 Å². The first-order chi connectivity index (χ1) is 13.3. The maximum absolute atomic E-state index is 12.7. The summed E-state index contributed by atoms with van der Waals surface area (Å²) >= 11 is 7.93. The van der Waals surface area contributed by atoms with Crippen LogP contribution >= 0.6 is 22.9 Å². The summed E-state index contributed by atoms with van der Waals surface area (Å²) in [6.07, 6.45) is -0.595. The summed E-state index contributed by atoms with van der Waals surface area (Å²) in [7, 11) is 3.00. The van der Waals surface area contributed by atoms with Crippen LogP contribution in [0.2, 0.25) is 5.02 Å². The number of hydrogen-bond acceptors (Lipinski definition) is 7. The van der Waals surface area contributed by atoms with Gasteiger partial charge in [-0.15, -0.1) is 11.3 Å². The van der Waals surface area contributed by atoms with Crippen LogP contribution in [0.15, 0.2) is 17.5 Å². The molecule has 0 saturated heterocycles. The van der Waals surface area contributed by atoms with Gasteiger partial charge in [0.1, 0.15) is 18.1 Å². The number of ketones is 2. The van der Waals surface area contributed by atoms with Crippen LogP contribution in [0.3, 0.4) is 0 Å². The molecule has 0 unspecified atom stereocenters. The van der Waals surface area contributed by atoms with Crippen molar-refractivity contribution in [3.8, 4) is 5.75 Å². The second kappa shape index (κ2) is 10.1. The third-order valence-electron chi connectivity index (χ3n) is 4.13. The molecule has 2 aromatic rings. The van der Waals surface area contributed by atoms with Crippen molar-refractivity contribution >= 4 is 34.5 Å². The third-order valence-corrected chi connectivity index (χ3v) is 5.69. The Morgan fingerprint density at radius 1 is 1.21 bits per heavy atom. The van der Waals surface area contributed by atoms with Crippen LogP contribution in [0.25, 0.3) is 0 Å². The quantitative estimate of drug-likeness (QED) is 0.410. The summed E-state index contributed by atoms with van der Waals surface area (Å²) in [5, 5.41) is 2.86. The molecular formula is C20H24ClNO5S. The smallest absolute Gasteiger partial charge is 0.191 e. The molecule has 0 fully saturated rings. The zero-order valence-corrected chi connectivity index (χ0v) is 18.1. The highest BCUT2D eigenvalue weighted by atomic mass is 35.5. The molecule has 0 spiro atoms. The highest BCUT2D eigenvalue weighted by Crippen LogP contribution is 2.33. The largest absolute Gasteiger partial charge is 0.487 e. The number of thiazole rings is 1. The topological polar surface area (TPSA) is 74.7 Å². The number of hydrogen-bond donors (Lipinski definition) is 0. The molecule has 0 bridgehead atoms. The van der Waals surface area contributed by atoms with E-state index in [4.69, 9.17) is 25.8 Å². The van der Waals surface area contributed by atoms with Crippen molar-refractivity contribution in [2.24, 2.45) is 0 Å². The third kappa shape index (κ3) is 5.38. The highest BCUT2D eigenvalue weighted by Gasteiger charge is 2.21. The lowest BCUT2D eigenvalue weighted by Crippen LogP contribution is -2.22. The van der Waals surface area contributed by atoms with Gasteiger partial charge in [-0.25, -0.2) is 4.98 Å². The van der Waals surface area contributed by atoms with Crippen LogP contribution in [0.5, 0.6) is 5.75 Å². The summed E-state index contributed by atoms with van der Waals surface area (Å²) in [4.78, 5) is 29.2. The number of ether oxygens (including phenoxy) is 3. The van der Waals surface area contributed by atoms with Gasteiger partial charge in [-0.1, -0.05) is 25.4 Å². The Hall–Kier alpha value is -1.80. The summed E-state index contributed by atoms with van der Waals surface area (Å²) in [5.41, 5.74) is 1.20. The minimum Gasteiger partial charge on any atom is -0.487 e. The van der Waals surface area contributed by atoms with Gasteiger partial charge in [-0.2, -0.15) is 0 Å². The van der Waals surface area contributed by atoms with E-state index in [1.165, 1.54) is 32.5 Å². The standard InChI is InChI=1S/C20H24ClNO5S/c1-11(2)20-22-15(10-28-20)16(24)8-14-13(12(3)23)6-7-17(19(14)21)27-9-18(25-4)26-5/h6-7,10-11,18H,8-9H2,1-5H3. The predicted molar refractivity (Wildman–Crippen MR) is 109 cm³/mol. The van der Waals surface area contributed by atoms with E-state index in [0.717, 1.165) is 5.01 Å². The Morgan fingerprint density at radius 3 is 2.43 bits per heavy atom. The zero-order chi connectivity index (χ0) is 20.8. The molecule has 8 heteroatoms. The number of methoxy groups -OCH3 is 2. The molecule has 1 aromatic heterocycles. The normalized spacial score (nSPS) is 11.3. The Balaban J connectivity index is 2.30. The number of carbonyl (C=O) groups excluding carboxylic acids is 2. The fraction of sp³-hybridized carbons (Fsp3) is 0.450. The molecule has 0 aliphatic heterocycles. The molecule has 0 amide bonds. The van der Waals surface area contributed by atoms with E-state index < -0.39 is 6.29 Å². The lowest BCUT2D eigenvalue weighted by molar-refractivity contribution is -0.121. The molecular weight excluding hydrogens is 402 g/mol. The lowest BCUT2D eigenvalue weighted by Gasteiger charge is -2.17. The molecule has 0 N–H and O–H groups in total. The van der Waals surface area contributed by atoms with Gasteiger partial charge in [0, 0.05) is 37.5 Å². The second-order valence-corrected chi connectivity index (χ2v) is 7.77. The van der Waals surface area contributed by atoms with E-state index in [-0.39, 0.29) is 35.5 Å². The van der Waals surface area contributed by atoms with Crippen molar-refractivity contribution in [3.63, 3.8) is 0 Å². The van der Waals surface area contributed by atoms with E-state index in [1.54, 1.807) is 17.5 Å². The van der Waals surface area contributed by atoms with E-state index in [1.807, 2.05) is 13.8 Å². The summed E-state index contributed by atoms with van der Waals surface area (Å²) in [5.74, 6) is 0.226. The number of Topliss-reactive ketones (excluding diaryl/α,β-unsaturated/α-hetero) is 2. The fourth-order valence-corrected chi connectivity index (χ4v) is 3.66. The first kappa shape index (κ1) is 22.5. The molecule has 0 saturated carbocycles.